The van der Waals surface area contributed by atoms with Gasteiger partial charge >= 0.3 is 6.09 Å². The van der Waals surface area contributed by atoms with Crippen LogP contribution in [0.4, 0.5) is 23.7 Å². The molecule has 0 aliphatic carbocycles. The van der Waals surface area contributed by atoms with Crippen LogP contribution >= 0.6 is 0 Å². The average Bonchev–Trinajstić information content (AvgIpc) is 3.96. The number of unbranched alkanes of at least 4 members (excludes halogenated alkanes) is 2. The maximum absolute atomic E-state index is 15.3. The highest BCUT2D eigenvalue weighted by Crippen LogP contribution is 2.38. The van der Waals surface area contributed by atoms with E-state index in [2.05, 4.69) is 21.3 Å². The fourth-order valence-corrected chi connectivity index (χ4v) is 8.83. The standard InChI is InChI=1S/C54H65F3N8O10/c1-34(2)49(62-45(67)12-8-5-9-24-64-47(69)19-20-48(64)70)52(71)58-30-46(68)59-40-16-13-37(14-17-40)33-75-54(73)60-41(29-55)21-25-65(53(72)35(3)66)50(38-22-26-74-27-23-38)51-61-44(42-28-39(56)15-18-43(42)57)32-63(51)31-36-10-6-4-7-11-36/h4,6-7,10-11,13-20,28,32,34-35,38,41,49-50,66H,5,8-9,12,21-27,29-31,33H2,1-3H3,(H,58,71)(H,59,68)(H,60,73)(H,62,67)/t35-,41?,49?,50?/m0/s1. The van der Waals surface area contributed by atoms with E-state index >= 15 is 4.39 Å². The molecule has 0 saturated carbocycles. The molecule has 0 spiro atoms. The zero-order chi connectivity index (χ0) is 54.0. The van der Waals surface area contributed by atoms with Crippen LogP contribution in [0.3, 0.4) is 0 Å². The van der Waals surface area contributed by atoms with Gasteiger partial charge < -0.3 is 45.3 Å². The summed E-state index contributed by atoms with van der Waals surface area (Å²) in [6.45, 7) is 4.26. The zero-order valence-electron chi connectivity index (χ0n) is 42.3. The van der Waals surface area contributed by atoms with E-state index in [0.717, 1.165) is 28.7 Å². The summed E-state index contributed by atoms with van der Waals surface area (Å²) in [4.78, 5) is 96.3. The van der Waals surface area contributed by atoms with Crippen molar-refractivity contribution in [3.8, 4) is 11.3 Å². The van der Waals surface area contributed by atoms with E-state index in [0.29, 0.717) is 62.4 Å². The van der Waals surface area contributed by atoms with Crippen LogP contribution in [0.2, 0.25) is 0 Å². The summed E-state index contributed by atoms with van der Waals surface area (Å²) in [5.41, 5.74) is 1.80. The summed E-state index contributed by atoms with van der Waals surface area (Å²) < 4.78 is 57.3. The minimum Gasteiger partial charge on any atom is -0.445 e. The normalized spacial score (nSPS) is 15.3. The van der Waals surface area contributed by atoms with E-state index in [-0.39, 0.29) is 86.4 Å². The molecule has 75 heavy (non-hydrogen) atoms. The van der Waals surface area contributed by atoms with Crippen LogP contribution in [0.5, 0.6) is 0 Å². The van der Waals surface area contributed by atoms with Gasteiger partial charge in [-0.1, -0.05) is 62.7 Å². The first-order chi connectivity index (χ1) is 36.0. The number of aliphatic hydroxyl groups is 1. The number of ether oxygens (including phenoxy) is 2. The Bertz CT molecular complexity index is 2620. The molecule has 7 amide bonds. The number of alkyl halides is 1. The molecule has 402 valence electrons. The van der Waals surface area contributed by atoms with Crippen molar-refractivity contribution in [1.29, 1.82) is 0 Å². The van der Waals surface area contributed by atoms with Crippen molar-refractivity contribution in [3.63, 3.8) is 0 Å². The number of carbonyl (C=O) groups excluding carboxylic acids is 7. The van der Waals surface area contributed by atoms with Gasteiger partial charge in [0.05, 0.1) is 24.3 Å². The van der Waals surface area contributed by atoms with Crippen LogP contribution in [-0.4, -0.2) is 124 Å². The van der Waals surface area contributed by atoms with Gasteiger partial charge in [0, 0.05) is 68.9 Å². The topological polar surface area (TPSA) is 231 Å². The fraction of sp³-hybridized carbons (Fsp3) is 0.444. The molecule has 3 unspecified atom stereocenters. The number of carbonyl (C=O) groups is 7. The highest BCUT2D eigenvalue weighted by molar-refractivity contribution is 6.12. The molecular formula is C54H65F3N8O10. The molecule has 5 N–H and O–H groups in total. The molecule has 4 atom stereocenters. The smallest absolute Gasteiger partial charge is 0.407 e. The second kappa shape index (κ2) is 27.8. The van der Waals surface area contributed by atoms with Gasteiger partial charge in [-0.2, -0.15) is 0 Å². The van der Waals surface area contributed by atoms with Crippen LogP contribution in [0.15, 0.2) is 91.1 Å². The lowest BCUT2D eigenvalue weighted by Gasteiger charge is -2.39. The Hall–Kier alpha value is -7.39. The van der Waals surface area contributed by atoms with Crippen molar-refractivity contribution in [2.24, 2.45) is 11.8 Å². The Morgan fingerprint density at radius 2 is 1.59 bits per heavy atom. The number of anilines is 1. The average molecular weight is 1040 g/mol. The number of hydrogen-bond acceptors (Lipinski definition) is 11. The Morgan fingerprint density at radius 1 is 0.880 bits per heavy atom. The molecule has 1 aromatic heterocycles. The number of rotatable bonds is 26. The van der Waals surface area contributed by atoms with Crippen molar-refractivity contribution < 1.29 is 61.3 Å². The van der Waals surface area contributed by atoms with E-state index in [1.807, 2.05) is 30.3 Å². The Morgan fingerprint density at radius 3 is 2.25 bits per heavy atom. The lowest BCUT2D eigenvalue weighted by atomic mass is 9.89. The summed E-state index contributed by atoms with van der Waals surface area (Å²) in [7, 11) is 0. The highest BCUT2D eigenvalue weighted by Gasteiger charge is 2.38. The Kier molecular flexibility index (Phi) is 21.1. The highest BCUT2D eigenvalue weighted by atomic mass is 19.1. The van der Waals surface area contributed by atoms with Gasteiger partial charge in [0.2, 0.25) is 17.7 Å². The fourth-order valence-electron chi connectivity index (χ4n) is 8.83. The third-order valence-corrected chi connectivity index (χ3v) is 12.9. The summed E-state index contributed by atoms with van der Waals surface area (Å²) in [6.07, 6.45) is 4.21. The molecular weight excluding hydrogens is 978 g/mol. The van der Waals surface area contributed by atoms with E-state index in [1.54, 1.807) is 48.9 Å². The molecule has 1 saturated heterocycles. The van der Waals surface area contributed by atoms with Gasteiger partial charge in [-0.05, 0) is 92.3 Å². The van der Waals surface area contributed by atoms with Crippen LogP contribution in [-0.2, 0) is 51.4 Å². The number of nitrogens with one attached hydrogen (secondary N) is 4. The Labute approximate surface area is 433 Å². The van der Waals surface area contributed by atoms with Gasteiger partial charge in [-0.3, -0.25) is 33.7 Å². The van der Waals surface area contributed by atoms with E-state index in [9.17, 15) is 47.4 Å². The second-order valence-corrected chi connectivity index (χ2v) is 18.9. The first kappa shape index (κ1) is 56.9. The number of aliphatic hydroxyl groups excluding tert-OH is 1. The van der Waals surface area contributed by atoms with E-state index in [4.69, 9.17) is 14.5 Å². The first-order valence-electron chi connectivity index (χ1n) is 25.1. The minimum absolute atomic E-state index is 0.0842. The zero-order valence-corrected chi connectivity index (χ0v) is 42.3. The third-order valence-electron chi connectivity index (χ3n) is 12.9. The molecule has 6 rings (SSSR count). The van der Waals surface area contributed by atoms with Gasteiger partial charge in [0.1, 0.15) is 42.9 Å². The third kappa shape index (κ3) is 16.6. The number of aromatic nitrogens is 2. The van der Waals surface area contributed by atoms with E-state index < -0.39 is 66.4 Å². The van der Waals surface area contributed by atoms with Crippen molar-refractivity contribution in [2.75, 3.05) is 44.8 Å². The van der Waals surface area contributed by atoms with Crippen molar-refractivity contribution in [2.45, 2.75) is 103 Å². The molecule has 21 heteroatoms. The number of amides is 7. The molecule has 0 bridgehead atoms. The molecule has 2 aliphatic rings. The van der Waals surface area contributed by atoms with E-state index in [1.165, 1.54) is 24.0 Å². The largest absolute Gasteiger partial charge is 0.445 e. The summed E-state index contributed by atoms with van der Waals surface area (Å²) in [6, 6.07) is 15.8. The molecule has 3 aromatic carbocycles. The molecule has 2 aliphatic heterocycles. The predicted octanol–water partition coefficient (Wildman–Crippen LogP) is 5.89. The summed E-state index contributed by atoms with van der Waals surface area (Å²) >= 11 is 0. The summed E-state index contributed by atoms with van der Waals surface area (Å²) in [5, 5.41) is 21.2. The lowest BCUT2D eigenvalue weighted by molar-refractivity contribution is -0.144. The summed E-state index contributed by atoms with van der Waals surface area (Å²) in [5.74, 6) is -4.44. The predicted molar refractivity (Wildman–Crippen MR) is 270 cm³/mol. The van der Waals surface area contributed by atoms with Crippen molar-refractivity contribution >= 4 is 47.2 Å². The van der Waals surface area contributed by atoms with Gasteiger partial charge in [0.15, 0.2) is 0 Å². The SMILES string of the molecule is CC(C)C(NC(=O)CCCCCN1C(=O)C=CC1=O)C(=O)NCC(=O)Nc1ccc(COC(=O)NC(CF)CCN(C(=O)[C@H](C)O)C(c2nc(-c3cc(F)ccc3F)cn2Cc2ccccc2)C2CCOCC2)cc1. The van der Waals surface area contributed by atoms with Crippen LogP contribution in [0.1, 0.15) is 88.7 Å². The van der Waals surface area contributed by atoms with Crippen molar-refractivity contribution in [3.05, 3.63) is 120 Å². The molecule has 18 nitrogen and oxygen atoms in total. The number of imide groups is 1. The van der Waals surface area contributed by atoms with Gasteiger partial charge in [0.25, 0.3) is 17.7 Å². The second-order valence-electron chi connectivity index (χ2n) is 18.9. The number of halogens is 3. The number of hydrogen-bond donors (Lipinski definition) is 5. The minimum atomic E-state index is -1.49. The van der Waals surface area contributed by atoms with Gasteiger partial charge in [-0.25, -0.2) is 22.9 Å². The van der Waals surface area contributed by atoms with Gasteiger partial charge in [-0.15, -0.1) is 0 Å². The van der Waals surface area contributed by atoms with Crippen LogP contribution in [0, 0.1) is 23.5 Å². The monoisotopic (exact) mass is 1040 g/mol. The number of imidazole rings is 1. The molecule has 3 heterocycles. The molecule has 4 aromatic rings. The maximum atomic E-state index is 15.3. The number of benzene rings is 3. The van der Waals surface area contributed by atoms with Crippen LogP contribution < -0.4 is 21.3 Å². The van der Waals surface area contributed by atoms with Crippen molar-refractivity contribution in [1.82, 2.24) is 35.3 Å². The lowest BCUT2D eigenvalue weighted by Crippen LogP contribution is -2.51. The number of alkyl carbamates (subject to hydrolysis) is 1. The van der Waals surface area contributed by atoms with Crippen LogP contribution in [0.25, 0.3) is 11.3 Å². The number of nitrogens with zero attached hydrogens (tertiary/aromatic N) is 4. The molecule has 1 fully saturated rings. The maximum Gasteiger partial charge on any atom is 0.407 e. The first-order valence-corrected chi connectivity index (χ1v) is 25.1. The molecule has 0 radical (unpaired) electrons. The Balaban J connectivity index is 1.01. The quantitative estimate of drug-likeness (QED) is 0.0368.